The number of carbonyl (C=O) groups excluding carboxylic acids is 1. The Kier molecular flexibility index (Phi) is 6.62. The Morgan fingerprint density at radius 3 is 2.74 bits per heavy atom. The molecular formula is C13H19ClN2O3. The van der Waals surface area contributed by atoms with Gasteiger partial charge in [-0.05, 0) is 30.7 Å². The molecule has 1 aliphatic rings. The fourth-order valence-corrected chi connectivity index (χ4v) is 1.80. The van der Waals surface area contributed by atoms with E-state index in [4.69, 9.17) is 15.2 Å². The van der Waals surface area contributed by atoms with Crippen LogP contribution < -0.4 is 15.8 Å². The SMILES string of the molecule is Cl.NCCOc1ccc(NC(=O)C2CCOC2)cc1. The Morgan fingerprint density at radius 1 is 1.42 bits per heavy atom. The summed E-state index contributed by atoms with van der Waals surface area (Å²) >= 11 is 0. The van der Waals surface area contributed by atoms with E-state index in [2.05, 4.69) is 5.32 Å². The van der Waals surface area contributed by atoms with Crippen LogP contribution in [0.5, 0.6) is 5.75 Å². The minimum absolute atomic E-state index is 0. The van der Waals surface area contributed by atoms with Gasteiger partial charge in [0, 0.05) is 18.8 Å². The smallest absolute Gasteiger partial charge is 0.229 e. The number of benzene rings is 1. The number of hydrogen-bond donors (Lipinski definition) is 2. The molecule has 1 heterocycles. The van der Waals surface area contributed by atoms with Crippen molar-refractivity contribution in [1.82, 2.24) is 0 Å². The van der Waals surface area contributed by atoms with Crippen LogP contribution in [0.4, 0.5) is 5.69 Å². The normalized spacial score (nSPS) is 17.6. The lowest BCUT2D eigenvalue weighted by Gasteiger charge is -2.10. The summed E-state index contributed by atoms with van der Waals surface area (Å²) in [4.78, 5) is 11.8. The fourth-order valence-electron chi connectivity index (χ4n) is 1.80. The van der Waals surface area contributed by atoms with Gasteiger partial charge in [0.05, 0.1) is 12.5 Å². The van der Waals surface area contributed by atoms with E-state index in [1.54, 1.807) is 0 Å². The van der Waals surface area contributed by atoms with Crippen molar-refractivity contribution < 1.29 is 14.3 Å². The van der Waals surface area contributed by atoms with Crippen LogP contribution in [0.1, 0.15) is 6.42 Å². The second-order valence-corrected chi connectivity index (χ2v) is 4.21. The lowest BCUT2D eigenvalue weighted by molar-refractivity contribution is -0.119. The molecule has 0 radical (unpaired) electrons. The standard InChI is InChI=1S/C13H18N2O3.ClH/c14-6-8-18-12-3-1-11(2-4-12)15-13(16)10-5-7-17-9-10;/h1-4,10H,5-9,14H2,(H,15,16);1H. The average molecular weight is 287 g/mol. The van der Waals surface area contributed by atoms with Crippen molar-refractivity contribution in [2.75, 3.05) is 31.7 Å². The summed E-state index contributed by atoms with van der Waals surface area (Å²) in [6, 6.07) is 7.27. The van der Waals surface area contributed by atoms with Crippen LogP contribution >= 0.6 is 12.4 Å². The number of hydrogen-bond acceptors (Lipinski definition) is 4. The van der Waals surface area contributed by atoms with E-state index < -0.39 is 0 Å². The molecule has 106 valence electrons. The Morgan fingerprint density at radius 2 is 2.16 bits per heavy atom. The maximum Gasteiger partial charge on any atom is 0.229 e. The molecule has 1 unspecified atom stereocenters. The number of ether oxygens (including phenoxy) is 2. The third-order valence-electron chi connectivity index (χ3n) is 2.81. The van der Waals surface area contributed by atoms with E-state index >= 15 is 0 Å². The molecule has 1 amide bonds. The summed E-state index contributed by atoms with van der Waals surface area (Å²) in [5, 5.41) is 2.87. The number of rotatable bonds is 5. The van der Waals surface area contributed by atoms with Gasteiger partial charge in [0.15, 0.2) is 0 Å². The van der Waals surface area contributed by atoms with E-state index in [9.17, 15) is 4.79 Å². The first-order valence-corrected chi connectivity index (χ1v) is 6.11. The quantitative estimate of drug-likeness (QED) is 0.859. The van der Waals surface area contributed by atoms with E-state index in [0.717, 1.165) is 17.9 Å². The highest BCUT2D eigenvalue weighted by atomic mass is 35.5. The zero-order valence-corrected chi connectivity index (χ0v) is 11.4. The van der Waals surface area contributed by atoms with Crippen molar-refractivity contribution in [3.8, 4) is 5.75 Å². The molecule has 0 aliphatic carbocycles. The Hall–Kier alpha value is -1.30. The Balaban J connectivity index is 0.00000180. The second kappa shape index (κ2) is 7.99. The van der Waals surface area contributed by atoms with Crippen molar-refractivity contribution in [2.45, 2.75) is 6.42 Å². The molecule has 2 rings (SSSR count). The fraction of sp³-hybridized carbons (Fsp3) is 0.462. The molecule has 6 heteroatoms. The number of halogens is 1. The van der Waals surface area contributed by atoms with Gasteiger partial charge in [-0.15, -0.1) is 12.4 Å². The van der Waals surface area contributed by atoms with Crippen LogP contribution in [0.3, 0.4) is 0 Å². The Bertz CT molecular complexity index is 391. The van der Waals surface area contributed by atoms with Crippen LogP contribution in [-0.4, -0.2) is 32.3 Å². The predicted molar refractivity (Wildman–Crippen MR) is 75.8 cm³/mol. The molecule has 0 saturated carbocycles. The first-order chi connectivity index (χ1) is 8.79. The molecular weight excluding hydrogens is 268 g/mol. The van der Waals surface area contributed by atoms with E-state index in [-0.39, 0.29) is 24.2 Å². The summed E-state index contributed by atoms with van der Waals surface area (Å²) < 4.78 is 10.5. The lowest BCUT2D eigenvalue weighted by Crippen LogP contribution is -2.22. The van der Waals surface area contributed by atoms with E-state index in [0.29, 0.717) is 26.4 Å². The number of carbonyl (C=O) groups is 1. The van der Waals surface area contributed by atoms with Crippen molar-refractivity contribution in [3.05, 3.63) is 24.3 Å². The van der Waals surface area contributed by atoms with Crippen LogP contribution in [0, 0.1) is 5.92 Å². The van der Waals surface area contributed by atoms with Crippen LogP contribution in [0.2, 0.25) is 0 Å². The zero-order chi connectivity index (χ0) is 12.8. The molecule has 1 atom stereocenters. The summed E-state index contributed by atoms with van der Waals surface area (Å²) in [6.45, 7) is 2.17. The average Bonchev–Trinajstić information content (AvgIpc) is 2.92. The van der Waals surface area contributed by atoms with Crippen molar-refractivity contribution in [3.63, 3.8) is 0 Å². The maximum absolute atomic E-state index is 11.8. The molecule has 5 nitrogen and oxygen atoms in total. The summed E-state index contributed by atoms with van der Waals surface area (Å²) in [5.41, 5.74) is 6.12. The minimum atomic E-state index is -0.0295. The summed E-state index contributed by atoms with van der Waals surface area (Å²) in [6.07, 6.45) is 0.795. The first kappa shape index (κ1) is 15.8. The largest absolute Gasteiger partial charge is 0.492 e. The number of nitrogens with one attached hydrogen (secondary N) is 1. The molecule has 3 N–H and O–H groups in total. The van der Waals surface area contributed by atoms with Gasteiger partial charge >= 0.3 is 0 Å². The summed E-state index contributed by atoms with van der Waals surface area (Å²) in [5.74, 6) is 0.740. The molecule has 0 spiro atoms. The first-order valence-electron chi connectivity index (χ1n) is 6.11. The molecule has 19 heavy (non-hydrogen) atoms. The lowest BCUT2D eigenvalue weighted by atomic mass is 10.1. The van der Waals surface area contributed by atoms with Gasteiger partial charge in [0.25, 0.3) is 0 Å². The summed E-state index contributed by atoms with van der Waals surface area (Å²) in [7, 11) is 0. The molecule has 0 aromatic heterocycles. The highest BCUT2D eigenvalue weighted by Crippen LogP contribution is 2.18. The highest BCUT2D eigenvalue weighted by molar-refractivity contribution is 5.92. The Labute approximate surface area is 118 Å². The highest BCUT2D eigenvalue weighted by Gasteiger charge is 2.23. The maximum atomic E-state index is 11.8. The molecule has 1 aliphatic heterocycles. The zero-order valence-electron chi connectivity index (χ0n) is 10.6. The minimum Gasteiger partial charge on any atom is -0.492 e. The van der Waals surface area contributed by atoms with Gasteiger partial charge in [-0.25, -0.2) is 0 Å². The molecule has 1 saturated heterocycles. The number of amides is 1. The van der Waals surface area contributed by atoms with E-state index in [1.807, 2.05) is 24.3 Å². The van der Waals surface area contributed by atoms with Gasteiger partial charge in [-0.2, -0.15) is 0 Å². The van der Waals surface area contributed by atoms with Gasteiger partial charge in [0.1, 0.15) is 12.4 Å². The molecule has 1 aromatic rings. The van der Waals surface area contributed by atoms with E-state index in [1.165, 1.54) is 0 Å². The van der Waals surface area contributed by atoms with Gasteiger partial charge in [-0.1, -0.05) is 0 Å². The van der Waals surface area contributed by atoms with Crippen LogP contribution in [-0.2, 0) is 9.53 Å². The van der Waals surface area contributed by atoms with Crippen LogP contribution in [0.25, 0.3) is 0 Å². The van der Waals surface area contributed by atoms with Gasteiger partial charge in [0.2, 0.25) is 5.91 Å². The van der Waals surface area contributed by atoms with Crippen LogP contribution in [0.15, 0.2) is 24.3 Å². The molecule has 1 fully saturated rings. The van der Waals surface area contributed by atoms with Gasteiger partial charge < -0.3 is 20.5 Å². The third kappa shape index (κ3) is 4.70. The van der Waals surface area contributed by atoms with Gasteiger partial charge in [-0.3, -0.25) is 4.79 Å². The van der Waals surface area contributed by atoms with Crippen molar-refractivity contribution in [1.29, 1.82) is 0 Å². The van der Waals surface area contributed by atoms with Crippen molar-refractivity contribution >= 4 is 24.0 Å². The molecule has 1 aromatic carbocycles. The number of anilines is 1. The monoisotopic (exact) mass is 286 g/mol. The molecule has 0 bridgehead atoms. The predicted octanol–water partition coefficient (Wildman–Crippen LogP) is 1.42. The topological polar surface area (TPSA) is 73.6 Å². The second-order valence-electron chi connectivity index (χ2n) is 4.21. The third-order valence-corrected chi connectivity index (χ3v) is 2.81. The van der Waals surface area contributed by atoms with Crippen molar-refractivity contribution in [2.24, 2.45) is 11.7 Å². The number of nitrogens with two attached hydrogens (primary N) is 1.